The molecule has 3 heteroatoms. The Morgan fingerprint density at radius 1 is 1.88 bits per heavy atom. The third kappa shape index (κ3) is 1.10. The van der Waals surface area contributed by atoms with Gasteiger partial charge in [0.15, 0.2) is 0 Å². The number of imidazole rings is 1. The summed E-state index contributed by atoms with van der Waals surface area (Å²) in [6.07, 6.45) is 3.74. The SMILES string of the molecule is CCn1cnc(Br)c1. The number of aryl methyl sites for hydroxylation is 1. The Morgan fingerprint density at radius 3 is 2.88 bits per heavy atom. The van der Waals surface area contributed by atoms with Crippen LogP contribution in [-0.4, -0.2) is 9.55 Å². The molecule has 0 saturated carbocycles. The van der Waals surface area contributed by atoms with Gasteiger partial charge in [0.1, 0.15) is 4.60 Å². The van der Waals surface area contributed by atoms with Gasteiger partial charge in [0.2, 0.25) is 0 Å². The summed E-state index contributed by atoms with van der Waals surface area (Å²) in [5.41, 5.74) is 0. The van der Waals surface area contributed by atoms with Crippen LogP contribution in [0.2, 0.25) is 0 Å². The number of nitrogens with zero attached hydrogens (tertiary/aromatic N) is 2. The molecule has 0 radical (unpaired) electrons. The zero-order chi connectivity index (χ0) is 5.98. The van der Waals surface area contributed by atoms with Gasteiger partial charge in [-0.2, -0.15) is 0 Å². The minimum absolute atomic E-state index is 0.902. The Labute approximate surface area is 56.7 Å². The molecule has 2 nitrogen and oxygen atoms in total. The molecule has 1 heterocycles. The summed E-state index contributed by atoms with van der Waals surface area (Å²) in [4.78, 5) is 3.97. The zero-order valence-electron chi connectivity index (χ0n) is 4.63. The number of rotatable bonds is 1. The Balaban J connectivity index is 2.84. The first kappa shape index (κ1) is 5.82. The standard InChI is InChI=1S/C5H7BrN2/c1-2-8-3-5(6)7-4-8/h3-4H,2H2,1H3. The molecule has 0 fully saturated rings. The molecule has 0 amide bonds. The lowest BCUT2D eigenvalue weighted by atomic mass is 10.7. The van der Waals surface area contributed by atoms with Gasteiger partial charge in [-0.25, -0.2) is 4.98 Å². The van der Waals surface area contributed by atoms with Crippen LogP contribution >= 0.6 is 15.9 Å². The molecule has 0 spiro atoms. The third-order valence-corrected chi connectivity index (χ3v) is 1.38. The Bertz CT molecular complexity index is 171. The molecule has 0 atom stereocenters. The lowest BCUT2D eigenvalue weighted by Crippen LogP contribution is -1.86. The second kappa shape index (κ2) is 2.31. The summed E-state index contributed by atoms with van der Waals surface area (Å²) in [7, 11) is 0. The summed E-state index contributed by atoms with van der Waals surface area (Å²) in [6, 6.07) is 0. The van der Waals surface area contributed by atoms with E-state index in [1.165, 1.54) is 0 Å². The molecule has 1 aromatic rings. The molecule has 8 heavy (non-hydrogen) atoms. The van der Waals surface area contributed by atoms with Crippen LogP contribution in [-0.2, 0) is 6.54 Å². The Morgan fingerprint density at radius 2 is 2.62 bits per heavy atom. The highest BCUT2D eigenvalue weighted by molar-refractivity contribution is 9.10. The first-order chi connectivity index (χ1) is 3.83. The minimum atomic E-state index is 0.902. The van der Waals surface area contributed by atoms with Crippen molar-refractivity contribution in [2.24, 2.45) is 0 Å². The average Bonchev–Trinajstić information content (AvgIpc) is 2.14. The zero-order valence-corrected chi connectivity index (χ0v) is 6.22. The van der Waals surface area contributed by atoms with Crippen LogP contribution < -0.4 is 0 Å². The summed E-state index contributed by atoms with van der Waals surface area (Å²) in [6.45, 7) is 3.06. The van der Waals surface area contributed by atoms with Crippen molar-refractivity contribution in [1.29, 1.82) is 0 Å². The van der Waals surface area contributed by atoms with Gasteiger partial charge in [0.25, 0.3) is 0 Å². The summed E-state index contributed by atoms with van der Waals surface area (Å²) in [5, 5.41) is 0. The van der Waals surface area contributed by atoms with Crippen LogP contribution in [0.1, 0.15) is 6.92 Å². The van der Waals surface area contributed by atoms with E-state index in [1.807, 2.05) is 10.8 Å². The van der Waals surface area contributed by atoms with Crippen LogP contribution in [0.4, 0.5) is 0 Å². The monoisotopic (exact) mass is 174 g/mol. The van der Waals surface area contributed by atoms with Crippen LogP contribution in [0.15, 0.2) is 17.1 Å². The van der Waals surface area contributed by atoms with Gasteiger partial charge in [-0.3, -0.25) is 0 Å². The van der Waals surface area contributed by atoms with Crippen molar-refractivity contribution in [2.75, 3.05) is 0 Å². The second-order valence-corrected chi connectivity index (χ2v) is 2.34. The van der Waals surface area contributed by atoms with E-state index in [-0.39, 0.29) is 0 Å². The minimum Gasteiger partial charge on any atom is -0.337 e. The lowest BCUT2D eigenvalue weighted by molar-refractivity contribution is 0.761. The first-order valence-corrected chi connectivity index (χ1v) is 3.29. The van der Waals surface area contributed by atoms with E-state index in [4.69, 9.17) is 0 Å². The molecule has 1 aromatic heterocycles. The maximum atomic E-state index is 3.97. The van der Waals surface area contributed by atoms with Crippen molar-refractivity contribution in [3.8, 4) is 0 Å². The number of aromatic nitrogens is 2. The van der Waals surface area contributed by atoms with E-state index in [0.717, 1.165) is 11.1 Å². The maximum Gasteiger partial charge on any atom is 0.124 e. The van der Waals surface area contributed by atoms with E-state index in [1.54, 1.807) is 6.33 Å². The van der Waals surface area contributed by atoms with Crippen LogP contribution in [0.5, 0.6) is 0 Å². The van der Waals surface area contributed by atoms with Crippen molar-refractivity contribution in [2.45, 2.75) is 13.5 Å². The number of halogens is 1. The topological polar surface area (TPSA) is 17.8 Å². The van der Waals surface area contributed by atoms with E-state index in [9.17, 15) is 0 Å². The summed E-state index contributed by atoms with van der Waals surface area (Å²) >= 11 is 3.24. The highest BCUT2D eigenvalue weighted by Crippen LogP contribution is 2.02. The molecule has 0 unspecified atom stereocenters. The predicted molar refractivity (Wildman–Crippen MR) is 35.6 cm³/mol. The van der Waals surface area contributed by atoms with Crippen molar-refractivity contribution < 1.29 is 0 Å². The summed E-state index contributed by atoms with van der Waals surface area (Å²) in [5.74, 6) is 0. The van der Waals surface area contributed by atoms with E-state index < -0.39 is 0 Å². The van der Waals surface area contributed by atoms with Crippen molar-refractivity contribution in [1.82, 2.24) is 9.55 Å². The van der Waals surface area contributed by atoms with Gasteiger partial charge in [0.05, 0.1) is 6.33 Å². The van der Waals surface area contributed by atoms with Crippen molar-refractivity contribution >= 4 is 15.9 Å². The summed E-state index contributed by atoms with van der Waals surface area (Å²) < 4.78 is 2.91. The molecule has 0 aliphatic rings. The van der Waals surface area contributed by atoms with Crippen molar-refractivity contribution in [3.63, 3.8) is 0 Å². The van der Waals surface area contributed by atoms with Gasteiger partial charge >= 0.3 is 0 Å². The van der Waals surface area contributed by atoms with Crippen molar-refractivity contribution in [3.05, 3.63) is 17.1 Å². The number of hydrogen-bond acceptors (Lipinski definition) is 1. The van der Waals surface area contributed by atoms with Crippen LogP contribution in [0.25, 0.3) is 0 Å². The van der Waals surface area contributed by atoms with Gasteiger partial charge in [0, 0.05) is 12.7 Å². The highest BCUT2D eigenvalue weighted by atomic mass is 79.9. The van der Waals surface area contributed by atoms with E-state index in [0.29, 0.717) is 0 Å². The van der Waals surface area contributed by atoms with E-state index in [2.05, 4.69) is 27.8 Å². The highest BCUT2D eigenvalue weighted by Gasteiger charge is 1.87. The molecule has 0 aromatic carbocycles. The van der Waals surface area contributed by atoms with E-state index >= 15 is 0 Å². The van der Waals surface area contributed by atoms with Gasteiger partial charge < -0.3 is 4.57 Å². The predicted octanol–water partition coefficient (Wildman–Crippen LogP) is 1.67. The molecule has 0 aliphatic heterocycles. The quantitative estimate of drug-likeness (QED) is 0.634. The smallest absolute Gasteiger partial charge is 0.124 e. The maximum absolute atomic E-state index is 3.97. The molecular weight excluding hydrogens is 168 g/mol. The molecule has 44 valence electrons. The third-order valence-electron chi connectivity index (χ3n) is 0.967. The second-order valence-electron chi connectivity index (χ2n) is 1.53. The lowest BCUT2D eigenvalue weighted by Gasteiger charge is -1.88. The molecule has 0 N–H and O–H groups in total. The molecular formula is C5H7BrN2. The fourth-order valence-corrected chi connectivity index (χ4v) is 0.860. The average molecular weight is 175 g/mol. The normalized spacial score (nSPS) is 9.75. The largest absolute Gasteiger partial charge is 0.337 e. The van der Waals surface area contributed by atoms with Gasteiger partial charge in [-0.05, 0) is 22.9 Å². The number of hydrogen-bond donors (Lipinski definition) is 0. The molecule has 1 rings (SSSR count). The molecule has 0 saturated heterocycles. The fraction of sp³-hybridized carbons (Fsp3) is 0.400. The fourth-order valence-electron chi connectivity index (χ4n) is 0.506. The van der Waals surface area contributed by atoms with Gasteiger partial charge in [-0.15, -0.1) is 0 Å². The van der Waals surface area contributed by atoms with Crippen LogP contribution in [0, 0.1) is 0 Å². The Hall–Kier alpha value is -0.310. The molecule has 0 aliphatic carbocycles. The van der Waals surface area contributed by atoms with Gasteiger partial charge in [-0.1, -0.05) is 0 Å². The first-order valence-electron chi connectivity index (χ1n) is 2.50. The molecule has 0 bridgehead atoms. The van der Waals surface area contributed by atoms with Crippen LogP contribution in [0.3, 0.4) is 0 Å². The Kier molecular flexibility index (Phi) is 1.68.